The SMILES string of the molecule is CCCCOc1[c]ccc(N2CCC(c3noc4cc(Cl)ccc34)CC2)c1OC. The van der Waals surface area contributed by atoms with Crippen molar-refractivity contribution >= 4 is 28.3 Å². The van der Waals surface area contributed by atoms with Crippen molar-refractivity contribution in [1.82, 2.24) is 5.16 Å². The fraction of sp³-hybridized carbons (Fsp3) is 0.435. The van der Waals surface area contributed by atoms with E-state index in [-0.39, 0.29) is 0 Å². The van der Waals surface area contributed by atoms with Gasteiger partial charge in [0.1, 0.15) is 0 Å². The highest BCUT2D eigenvalue weighted by atomic mass is 35.5. The number of unbranched alkanes of at least 4 members (excludes halogenated alkanes) is 1. The van der Waals surface area contributed by atoms with E-state index >= 15 is 0 Å². The van der Waals surface area contributed by atoms with Crippen LogP contribution in [0.4, 0.5) is 5.69 Å². The van der Waals surface area contributed by atoms with Crippen LogP contribution >= 0.6 is 11.6 Å². The highest BCUT2D eigenvalue weighted by molar-refractivity contribution is 6.31. The molecule has 0 spiro atoms. The molecule has 1 radical (unpaired) electrons. The summed E-state index contributed by atoms with van der Waals surface area (Å²) in [6, 6.07) is 12.9. The van der Waals surface area contributed by atoms with Crippen molar-refractivity contribution in [2.24, 2.45) is 0 Å². The Bertz CT molecular complexity index is 964. The van der Waals surface area contributed by atoms with Crippen molar-refractivity contribution in [3.8, 4) is 11.5 Å². The Morgan fingerprint density at radius 1 is 1.28 bits per heavy atom. The first-order valence-corrected chi connectivity index (χ1v) is 10.6. The smallest absolute Gasteiger partial charge is 0.184 e. The van der Waals surface area contributed by atoms with Gasteiger partial charge in [0.05, 0.1) is 25.1 Å². The van der Waals surface area contributed by atoms with E-state index in [0.29, 0.717) is 23.3 Å². The number of benzene rings is 2. The van der Waals surface area contributed by atoms with E-state index in [4.69, 9.17) is 25.6 Å². The van der Waals surface area contributed by atoms with Gasteiger partial charge in [0, 0.05) is 41.5 Å². The second kappa shape index (κ2) is 8.95. The quantitative estimate of drug-likeness (QED) is 0.454. The second-order valence-corrected chi connectivity index (χ2v) is 7.83. The lowest BCUT2D eigenvalue weighted by Gasteiger charge is -2.34. The van der Waals surface area contributed by atoms with Gasteiger partial charge in [0.2, 0.25) is 0 Å². The molecule has 0 aliphatic carbocycles. The monoisotopic (exact) mass is 413 g/mol. The lowest BCUT2D eigenvalue weighted by atomic mass is 9.91. The van der Waals surface area contributed by atoms with Crippen LogP contribution in [-0.4, -0.2) is 32.0 Å². The molecule has 0 saturated carbocycles. The third-order valence-electron chi connectivity index (χ3n) is 5.53. The van der Waals surface area contributed by atoms with Crippen molar-refractivity contribution in [2.45, 2.75) is 38.5 Å². The highest BCUT2D eigenvalue weighted by Gasteiger charge is 2.27. The largest absolute Gasteiger partial charge is 0.491 e. The van der Waals surface area contributed by atoms with Gasteiger partial charge in [-0.05, 0) is 43.5 Å². The lowest BCUT2D eigenvalue weighted by Crippen LogP contribution is -2.33. The summed E-state index contributed by atoms with van der Waals surface area (Å²) < 4.78 is 17.1. The van der Waals surface area contributed by atoms with Gasteiger partial charge in [-0.3, -0.25) is 0 Å². The Kier molecular flexibility index (Phi) is 6.14. The molecule has 1 saturated heterocycles. The number of methoxy groups -OCH3 is 1. The summed E-state index contributed by atoms with van der Waals surface area (Å²) in [6.07, 6.45) is 4.11. The van der Waals surface area contributed by atoms with Crippen LogP contribution < -0.4 is 14.4 Å². The van der Waals surface area contributed by atoms with E-state index in [1.807, 2.05) is 24.3 Å². The Balaban J connectivity index is 1.48. The van der Waals surface area contributed by atoms with E-state index in [9.17, 15) is 0 Å². The average Bonchev–Trinajstić information content (AvgIpc) is 3.17. The van der Waals surface area contributed by atoms with Gasteiger partial charge in [-0.25, -0.2) is 0 Å². The maximum atomic E-state index is 6.06. The molecule has 6 heteroatoms. The van der Waals surface area contributed by atoms with Gasteiger partial charge in [-0.2, -0.15) is 0 Å². The fourth-order valence-electron chi connectivity index (χ4n) is 3.95. The molecule has 153 valence electrons. The van der Waals surface area contributed by atoms with Crippen molar-refractivity contribution in [3.63, 3.8) is 0 Å². The molecule has 2 aromatic carbocycles. The zero-order valence-electron chi connectivity index (χ0n) is 16.9. The fourth-order valence-corrected chi connectivity index (χ4v) is 4.11. The minimum Gasteiger partial charge on any atom is -0.491 e. The number of hydrogen-bond acceptors (Lipinski definition) is 5. The second-order valence-electron chi connectivity index (χ2n) is 7.40. The van der Waals surface area contributed by atoms with Gasteiger partial charge in [-0.1, -0.05) is 30.1 Å². The number of hydrogen-bond donors (Lipinski definition) is 0. The third-order valence-corrected chi connectivity index (χ3v) is 5.76. The van der Waals surface area contributed by atoms with Crippen LogP contribution in [0, 0.1) is 6.07 Å². The minimum atomic E-state index is 0.371. The standard InChI is InChI=1S/C23H26ClN2O3/c1-3-4-14-28-20-7-5-6-19(23(20)27-2)26-12-10-16(11-13-26)22-18-9-8-17(24)15-21(18)29-25-22/h5-6,8-9,15-16H,3-4,10-14H2,1-2H3. The normalized spacial score (nSPS) is 15.1. The molecule has 0 atom stereocenters. The number of fused-ring (bicyclic) bond motifs is 1. The number of aromatic nitrogens is 1. The van der Waals surface area contributed by atoms with Crippen molar-refractivity contribution in [3.05, 3.63) is 47.1 Å². The van der Waals surface area contributed by atoms with Crippen LogP contribution in [0.25, 0.3) is 11.0 Å². The molecule has 4 rings (SSSR count). The summed E-state index contributed by atoms with van der Waals surface area (Å²) in [5, 5.41) is 6.07. The summed E-state index contributed by atoms with van der Waals surface area (Å²) in [4.78, 5) is 2.36. The number of rotatable bonds is 7. The van der Waals surface area contributed by atoms with Gasteiger partial charge >= 0.3 is 0 Å². The molecule has 0 N–H and O–H groups in total. The van der Waals surface area contributed by atoms with E-state index in [1.165, 1.54) is 0 Å². The van der Waals surface area contributed by atoms with Gasteiger partial charge < -0.3 is 18.9 Å². The molecule has 1 aromatic heterocycles. The zero-order chi connectivity index (χ0) is 20.2. The predicted octanol–water partition coefficient (Wildman–Crippen LogP) is 5.85. The van der Waals surface area contributed by atoms with Gasteiger partial charge in [0.25, 0.3) is 0 Å². The molecular formula is C23H26ClN2O3. The molecule has 1 aliphatic rings. The predicted molar refractivity (Wildman–Crippen MR) is 115 cm³/mol. The average molecular weight is 414 g/mol. The third kappa shape index (κ3) is 4.15. The van der Waals surface area contributed by atoms with Gasteiger partial charge in [-0.15, -0.1) is 0 Å². The molecule has 2 heterocycles. The summed E-state index contributed by atoms with van der Waals surface area (Å²) in [5.41, 5.74) is 2.85. The van der Waals surface area contributed by atoms with Crippen LogP contribution in [0.3, 0.4) is 0 Å². The molecule has 1 fully saturated rings. The Morgan fingerprint density at radius 3 is 2.86 bits per heavy atom. The number of ether oxygens (including phenoxy) is 2. The summed E-state index contributed by atoms with van der Waals surface area (Å²) in [5.74, 6) is 1.83. The summed E-state index contributed by atoms with van der Waals surface area (Å²) in [7, 11) is 1.69. The van der Waals surface area contributed by atoms with E-state index in [0.717, 1.165) is 66.9 Å². The summed E-state index contributed by atoms with van der Waals surface area (Å²) in [6.45, 7) is 4.67. The lowest BCUT2D eigenvalue weighted by molar-refractivity contribution is 0.287. The number of halogens is 1. The number of nitrogens with zero attached hydrogens (tertiary/aromatic N) is 2. The first-order valence-electron chi connectivity index (χ1n) is 10.2. The van der Waals surface area contributed by atoms with Crippen molar-refractivity contribution < 1.29 is 14.0 Å². The van der Waals surface area contributed by atoms with Crippen LogP contribution in [0.1, 0.15) is 44.2 Å². The maximum Gasteiger partial charge on any atom is 0.184 e. The van der Waals surface area contributed by atoms with E-state index < -0.39 is 0 Å². The Hall–Kier alpha value is -2.40. The van der Waals surface area contributed by atoms with Crippen molar-refractivity contribution in [1.29, 1.82) is 0 Å². The first-order chi connectivity index (χ1) is 14.2. The molecule has 0 amide bonds. The Morgan fingerprint density at radius 2 is 2.10 bits per heavy atom. The minimum absolute atomic E-state index is 0.371. The first kappa shape index (κ1) is 19.9. The van der Waals surface area contributed by atoms with Crippen LogP contribution in [0.2, 0.25) is 5.02 Å². The van der Waals surface area contributed by atoms with Crippen LogP contribution in [0.15, 0.2) is 34.9 Å². The molecule has 0 unspecified atom stereocenters. The van der Waals surface area contributed by atoms with E-state index in [2.05, 4.69) is 29.1 Å². The molecule has 5 nitrogen and oxygen atoms in total. The van der Waals surface area contributed by atoms with Crippen LogP contribution in [-0.2, 0) is 0 Å². The van der Waals surface area contributed by atoms with Gasteiger partial charge in [0.15, 0.2) is 17.1 Å². The van der Waals surface area contributed by atoms with Crippen molar-refractivity contribution in [2.75, 3.05) is 31.7 Å². The molecule has 0 bridgehead atoms. The van der Waals surface area contributed by atoms with Crippen LogP contribution in [0.5, 0.6) is 11.5 Å². The Labute approximate surface area is 176 Å². The molecular weight excluding hydrogens is 388 g/mol. The maximum absolute atomic E-state index is 6.06. The molecule has 3 aromatic rings. The number of anilines is 1. The topological polar surface area (TPSA) is 47.7 Å². The molecule has 29 heavy (non-hydrogen) atoms. The zero-order valence-corrected chi connectivity index (χ0v) is 17.7. The highest BCUT2D eigenvalue weighted by Crippen LogP contribution is 2.40. The molecule has 1 aliphatic heterocycles. The van der Waals surface area contributed by atoms with E-state index in [1.54, 1.807) is 7.11 Å². The number of piperidine rings is 1. The summed E-state index contributed by atoms with van der Waals surface area (Å²) >= 11 is 6.06.